The average molecular weight is 443 g/mol. The molecular weight excluding hydrogens is 424 g/mol. The van der Waals surface area contributed by atoms with Crippen molar-refractivity contribution >= 4 is 44.1 Å². The highest BCUT2D eigenvalue weighted by molar-refractivity contribution is 7.92. The van der Waals surface area contributed by atoms with Crippen LogP contribution in [0.1, 0.15) is 11.1 Å². The van der Waals surface area contributed by atoms with Gasteiger partial charge in [0.15, 0.2) is 5.65 Å². The van der Waals surface area contributed by atoms with Gasteiger partial charge in [0, 0.05) is 18.0 Å². The molecule has 0 unspecified atom stereocenters. The third-order valence-electron chi connectivity index (χ3n) is 5.00. The molecule has 2 N–H and O–H groups in total. The summed E-state index contributed by atoms with van der Waals surface area (Å²) in [5.74, 6) is -0.0584. The van der Waals surface area contributed by atoms with Crippen molar-refractivity contribution in [2.45, 2.75) is 16.7 Å². The lowest BCUT2D eigenvalue weighted by atomic mass is 10.2. The molecule has 9 heteroatoms. The first-order valence-corrected chi connectivity index (χ1v) is 11.3. The first-order valence-electron chi connectivity index (χ1n) is 9.78. The second kappa shape index (κ2) is 7.54. The van der Waals surface area contributed by atoms with Gasteiger partial charge in [0.1, 0.15) is 16.2 Å². The Bertz CT molecular complexity index is 1610. The van der Waals surface area contributed by atoms with E-state index in [0.29, 0.717) is 11.0 Å². The highest BCUT2D eigenvalue weighted by Crippen LogP contribution is 2.35. The zero-order valence-corrected chi connectivity index (χ0v) is 17.9. The number of anilines is 1. The molecule has 2 aromatic carbocycles. The summed E-state index contributed by atoms with van der Waals surface area (Å²) in [7, 11) is -3.98. The Balaban J connectivity index is 1.82. The van der Waals surface area contributed by atoms with Gasteiger partial charge in [-0.15, -0.1) is 0 Å². The van der Waals surface area contributed by atoms with E-state index in [1.807, 2.05) is 31.2 Å². The van der Waals surface area contributed by atoms with Gasteiger partial charge in [0.05, 0.1) is 22.1 Å². The van der Waals surface area contributed by atoms with Crippen LogP contribution >= 0.6 is 0 Å². The maximum absolute atomic E-state index is 13.6. The number of rotatable bonds is 4. The lowest BCUT2D eigenvalue weighted by Gasteiger charge is -2.05. The van der Waals surface area contributed by atoms with Crippen LogP contribution < -0.4 is 5.73 Å². The molecule has 0 saturated heterocycles. The number of nitrogens with zero attached hydrogens (tertiary/aromatic N) is 5. The van der Waals surface area contributed by atoms with E-state index < -0.39 is 9.84 Å². The van der Waals surface area contributed by atoms with Gasteiger partial charge in [0.2, 0.25) is 9.84 Å². The Morgan fingerprint density at radius 1 is 1.00 bits per heavy atom. The van der Waals surface area contributed by atoms with Gasteiger partial charge < -0.3 is 5.73 Å². The smallest absolute Gasteiger partial charge is 0.212 e. The molecule has 5 aromatic rings. The number of para-hydroxylation sites is 2. The quantitative estimate of drug-likeness (QED) is 0.425. The van der Waals surface area contributed by atoms with Crippen LogP contribution in [-0.4, -0.2) is 34.3 Å². The number of pyridine rings is 1. The number of hydrogen-bond donors (Lipinski definition) is 1. The fourth-order valence-corrected chi connectivity index (χ4v) is 5.07. The Kier molecular flexibility index (Phi) is 4.67. The van der Waals surface area contributed by atoms with Crippen molar-refractivity contribution in [3.8, 4) is 0 Å². The number of aromatic nitrogens is 4. The van der Waals surface area contributed by atoms with Gasteiger partial charge in [0.25, 0.3) is 0 Å². The molecule has 32 heavy (non-hydrogen) atoms. The highest BCUT2D eigenvalue weighted by Gasteiger charge is 2.30. The Labute approximate surface area is 184 Å². The van der Waals surface area contributed by atoms with Crippen LogP contribution in [0.25, 0.3) is 22.2 Å². The highest BCUT2D eigenvalue weighted by atomic mass is 32.2. The molecule has 0 radical (unpaired) electrons. The fraction of sp³-hybridized carbons (Fsp3) is 0.0435. The molecule has 0 saturated carbocycles. The maximum atomic E-state index is 13.6. The third-order valence-corrected chi connectivity index (χ3v) is 6.82. The van der Waals surface area contributed by atoms with Crippen molar-refractivity contribution in [2.24, 2.45) is 5.10 Å². The van der Waals surface area contributed by atoms with E-state index in [0.717, 1.165) is 11.1 Å². The molecule has 0 atom stereocenters. The number of fused-ring (bicyclic) bond motifs is 2. The molecule has 8 nitrogen and oxygen atoms in total. The van der Waals surface area contributed by atoms with E-state index in [1.54, 1.807) is 55.0 Å². The predicted octanol–water partition coefficient (Wildman–Crippen LogP) is 3.59. The Hall–Kier alpha value is -4.11. The first kappa shape index (κ1) is 19.8. The Morgan fingerprint density at radius 2 is 1.78 bits per heavy atom. The molecule has 0 bridgehead atoms. The molecule has 0 aliphatic heterocycles. The van der Waals surface area contributed by atoms with E-state index >= 15 is 0 Å². The lowest BCUT2D eigenvalue weighted by molar-refractivity contribution is 0.597. The number of nitrogen functional groups attached to an aromatic ring is 1. The average Bonchev–Trinajstić information content (AvgIpc) is 3.07. The summed E-state index contributed by atoms with van der Waals surface area (Å²) in [5, 5.41) is 4.42. The molecule has 0 amide bonds. The van der Waals surface area contributed by atoms with Crippen LogP contribution in [0.5, 0.6) is 0 Å². The topological polar surface area (TPSA) is 116 Å². The van der Waals surface area contributed by atoms with Gasteiger partial charge >= 0.3 is 0 Å². The van der Waals surface area contributed by atoms with Gasteiger partial charge in [-0.05, 0) is 42.8 Å². The van der Waals surface area contributed by atoms with Crippen molar-refractivity contribution in [1.29, 1.82) is 0 Å². The standard InChI is InChI=1S/C23H18N6O2S/c1-15-6-4-8-17(12-15)32(30,31)21-20-23(28-19-10-3-2-9-18(19)27-20)29(22(21)24)26-14-16-7-5-11-25-13-16/h2-14H,24H2,1H3/b26-14+. The summed E-state index contributed by atoms with van der Waals surface area (Å²) >= 11 is 0. The molecule has 5 rings (SSSR count). The largest absolute Gasteiger partial charge is 0.382 e. The van der Waals surface area contributed by atoms with Crippen LogP contribution in [0.2, 0.25) is 0 Å². The summed E-state index contributed by atoms with van der Waals surface area (Å²) in [6.45, 7) is 1.83. The molecule has 0 fully saturated rings. The third kappa shape index (κ3) is 3.28. The summed E-state index contributed by atoms with van der Waals surface area (Å²) in [5.41, 5.74) is 9.52. The summed E-state index contributed by atoms with van der Waals surface area (Å²) in [4.78, 5) is 13.3. The van der Waals surface area contributed by atoms with E-state index in [-0.39, 0.29) is 26.8 Å². The second-order valence-corrected chi connectivity index (χ2v) is 9.15. The van der Waals surface area contributed by atoms with E-state index in [1.165, 1.54) is 4.68 Å². The second-order valence-electron chi connectivity index (χ2n) is 7.26. The van der Waals surface area contributed by atoms with Crippen LogP contribution in [0.4, 0.5) is 5.82 Å². The van der Waals surface area contributed by atoms with Gasteiger partial charge in [-0.25, -0.2) is 18.4 Å². The van der Waals surface area contributed by atoms with Crippen molar-refractivity contribution in [2.75, 3.05) is 5.73 Å². The zero-order valence-electron chi connectivity index (χ0n) is 17.0. The molecule has 0 aliphatic rings. The van der Waals surface area contributed by atoms with Gasteiger partial charge in [-0.1, -0.05) is 30.3 Å². The molecule has 0 spiro atoms. The van der Waals surface area contributed by atoms with Crippen molar-refractivity contribution in [3.05, 3.63) is 84.2 Å². The summed E-state index contributed by atoms with van der Waals surface area (Å²) in [6, 6.07) is 17.5. The minimum atomic E-state index is -3.98. The lowest BCUT2D eigenvalue weighted by Crippen LogP contribution is -2.07. The minimum Gasteiger partial charge on any atom is -0.382 e. The Morgan fingerprint density at radius 3 is 2.50 bits per heavy atom. The zero-order chi connectivity index (χ0) is 22.3. The monoisotopic (exact) mass is 442 g/mol. The molecule has 3 aromatic heterocycles. The van der Waals surface area contributed by atoms with Crippen LogP contribution in [-0.2, 0) is 9.84 Å². The number of aryl methyl sites for hydroxylation is 1. The first-order chi connectivity index (χ1) is 15.4. The maximum Gasteiger partial charge on any atom is 0.212 e. The summed E-state index contributed by atoms with van der Waals surface area (Å²) in [6.07, 6.45) is 4.83. The predicted molar refractivity (Wildman–Crippen MR) is 123 cm³/mol. The molecular formula is C23H18N6O2S. The minimum absolute atomic E-state index is 0.0584. The van der Waals surface area contributed by atoms with Gasteiger partial charge in [-0.3, -0.25) is 4.98 Å². The molecule has 158 valence electrons. The van der Waals surface area contributed by atoms with E-state index in [9.17, 15) is 8.42 Å². The van der Waals surface area contributed by atoms with Crippen molar-refractivity contribution in [1.82, 2.24) is 19.6 Å². The van der Waals surface area contributed by atoms with Crippen molar-refractivity contribution in [3.63, 3.8) is 0 Å². The SMILES string of the molecule is Cc1cccc(S(=O)(=O)c2c(N)n(/N=C/c3cccnc3)c3nc4ccccc4nc23)c1. The van der Waals surface area contributed by atoms with Crippen LogP contribution in [0.3, 0.4) is 0 Å². The number of benzene rings is 2. The van der Waals surface area contributed by atoms with Gasteiger partial charge in [-0.2, -0.15) is 9.78 Å². The number of nitrogens with two attached hydrogens (primary N) is 1. The summed E-state index contributed by atoms with van der Waals surface area (Å²) < 4.78 is 28.6. The number of hydrogen-bond acceptors (Lipinski definition) is 7. The number of sulfone groups is 1. The van der Waals surface area contributed by atoms with E-state index in [4.69, 9.17) is 5.73 Å². The van der Waals surface area contributed by atoms with E-state index in [2.05, 4.69) is 20.1 Å². The van der Waals surface area contributed by atoms with Crippen LogP contribution in [0, 0.1) is 6.92 Å². The normalized spacial score (nSPS) is 12.2. The molecule has 0 aliphatic carbocycles. The molecule has 3 heterocycles. The van der Waals surface area contributed by atoms with Crippen molar-refractivity contribution < 1.29 is 8.42 Å². The van der Waals surface area contributed by atoms with Crippen LogP contribution in [0.15, 0.2) is 87.9 Å². The fourth-order valence-electron chi connectivity index (χ4n) is 3.48.